The highest BCUT2D eigenvalue weighted by atomic mass is 79.9. The molecule has 0 saturated heterocycles. The lowest BCUT2D eigenvalue weighted by molar-refractivity contribution is 0.601. The molecule has 0 saturated carbocycles. The van der Waals surface area contributed by atoms with Gasteiger partial charge in [0.2, 0.25) is 0 Å². The number of hydrogen-bond donors (Lipinski definition) is 1. The molecule has 1 heterocycles. The predicted molar refractivity (Wildman–Crippen MR) is 90.3 cm³/mol. The van der Waals surface area contributed by atoms with Crippen LogP contribution in [0.4, 0.5) is 0 Å². The maximum absolute atomic E-state index is 4.26. The van der Waals surface area contributed by atoms with Gasteiger partial charge in [-0.3, -0.25) is 4.98 Å². The van der Waals surface area contributed by atoms with E-state index in [1.165, 1.54) is 16.0 Å². The number of nitrogens with zero attached hydrogens (tertiary/aromatic N) is 1. The maximum atomic E-state index is 4.26. The molecule has 0 radical (unpaired) electrons. The standard InChI is InChI=1S/C16H19BrN2S/c1-3-19-15(13-10-18-9-8-12(13)2)11-20-16-7-5-4-6-14(16)17/h4-10,15,19H,3,11H2,1-2H3. The molecule has 2 nitrogen and oxygen atoms in total. The molecule has 0 aliphatic carbocycles. The molecule has 4 heteroatoms. The van der Waals surface area contributed by atoms with E-state index in [1.54, 1.807) is 0 Å². The monoisotopic (exact) mass is 350 g/mol. The average molecular weight is 351 g/mol. The molecule has 2 aromatic rings. The molecular weight excluding hydrogens is 332 g/mol. The molecule has 0 spiro atoms. The topological polar surface area (TPSA) is 24.9 Å². The molecule has 106 valence electrons. The van der Waals surface area contributed by atoms with E-state index in [4.69, 9.17) is 0 Å². The number of rotatable bonds is 6. The molecule has 1 atom stereocenters. The van der Waals surface area contributed by atoms with E-state index >= 15 is 0 Å². The molecule has 1 aromatic carbocycles. The van der Waals surface area contributed by atoms with E-state index in [-0.39, 0.29) is 0 Å². The van der Waals surface area contributed by atoms with E-state index in [0.29, 0.717) is 6.04 Å². The first-order chi connectivity index (χ1) is 9.72. The van der Waals surface area contributed by atoms with Crippen molar-refractivity contribution in [3.63, 3.8) is 0 Å². The van der Waals surface area contributed by atoms with Crippen LogP contribution in [0.2, 0.25) is 0 Å². The van der Waals surface area contributed by atoms with Crippen LogP contribution in [0.5, 0.6) is 0 Å². The first-order valence-corrected chi connectivity index (χ1v) is 8.51. The predicted octanol–water partition coefficient (Wildman–Crippen LogP) is 4.60. The fourth-order valence-corrected chi connectivity index (χ4v) is 3.73. The summed E-state index contributed by atoms with van der Waals surface area (Å²) < 4.78 is 1.16. The third-order valence-electron chi connectivity index (χ3n) is 3.15. The summed E-state index contributed by atoms with van der Waals surface area (Å²) in [5, 5.41) is 3.55. The maximum Gasteiger partial charge on any atom is 0.0433 e. The summed E-state index contributed by atoms with van der Waals surface area (Å²) in [5.41, 5.74) is 2.58. The third kappa shape index (κ3) is 4.08. The summed E-state index contributed by atoms with van der Waals surface area (Å²) in [5.74, 6) is 0.989. The largest absolute Gasteiger partial charge is 0.309 e. The second kappa shape index (κ2) is 7.81. The Bertz CT molecular complexity index is 560. The van der Waals surface area contributed by atoms with E-state index in [9.17, 15) is 0 Å². The van der Waals surface area contributed by atoms with Crippen molar-refractivity contribution in [1.29, 1.82) is 0 Å². The van der Waals surface area contributed by atoms with Gasteiger partial charge in [-0.05, 0) is 58.7 Å². The highest BCUT2D eigenvalue weighted by Gasteiger charge is 2.14. The Morgan fingerprint density at radius 1 is 1.30 bits per heavy atom. The number of benzene rings is 1. The van der Waals surface area contributed by atoms with Gasteiger partial charge in [0.05, 0.1) is 0 Å². The van der Waals surface area contributed by atoms with Crippen molar-refractivity contribution in [2.75, 3.05) is 12.3 Å². The van der Waals surface area contributed by atoms with E-state index in [1.807, 2.05) is 30.2 Å². The van der Waals surface area contributed by atoms with E-state index in [2.05, 4.69) is 64.3 Å². The van der Waals surface area contributed by atoms with Gasteiger partial charge in [-0.1, -0.05) is 19.1 Å². The highest BCUT2D eigenvalue weighted by molar-refractivity contribution is 9.10. The Kier molecular flexibility index (Phi) is 6.07. The van der Waals surface area contributed by atoms with Gasteiger partial charge < -0.3 is 5.32 Å². The van der Waals surface area contributed by atoms with Gasteiger partial charge >= 0.3 is 0 Å². The van der Waals surface area contributed by atoms with Gasteiger partial charge in [-0.25, -0.2) is 0 Å². The normalized spacial score (nSPS) is 12.3. The highest BCUT2D eigenvalue weighted by Crippen LogP contribution is 2.30. The van der Waals surface area contributed by atoms with Crippen molar-refractivity contribution in [3.8, 4) is 0 Å². The van der Waals surface area contributed by atoms with E-state index in [0.717, 1.165) is 16.8 Å². The molecule has 20 heavy (non-hydrogen) atoms. The number of pyridine rings is 1. The van der Waals surface area contributed by atoms with Crippen LogP contribution in [0.1, 0.15) is 24.1 Å². The lowest BCUT2D eigenvalue weighted by atomic mass is 10.1. The van der Waals surface area contributed by atoms with Gasteiger partial charge in [0.15, 0.2) is 0 Å². The van der Waals surface area contributed by atoms with Gasteiger partial charge in [-0.15, -0.1) is 11.8 Å². The number of aryl methyl sites for hydroxylation is 1. The van der Waals surface area contributed by atoms with Crippen molar-refractivity contribution < 1.29 is 0 Å². The van der Waals surface area contributed by atoms with Crippen molar-refractivity contribution in [3.05, 3.63) is 58.3 Å². The zero-order chi connectivity index (χ0) is 14.4. The summed E-state index contributed by atoms with van der Waals surface area (Å²) in [7, 11) is 0. The summed E-state index contributed by atoms with van der Waals surface area (Å²) in [6.07, 6.45) is 3.83. The lowest BCUT2D eigenvalue weighted by Gasteiger charge is -2.19. The Morgan fingerprint density at radius 3 is 2.80 bits per heavy atom. The van der Waals surface area contributed by atoms with Crippen molar-refractivity contribution in [1.82, 2.24) is 10.3 Å². The number of hydrogen-bond acceptors (Lipinski definition) is 3. The minimum atomic E-state index is 0.325. The van der Waals surface area contributed by atoms with Crippen LogP contribution in [0.3, 0.4) is 0 Å². The average Bonchev–Trinajstić information content (AvgIpc) is 2.46. The second-order valence-electron chi connectivity index (χ2n) is 4.58. The minimum absolute atomic E-state index is 0.325. The number of nitrogens with one attached hydrogen (secondary N) is 1. The zero-order valence-electron chi connectivity index (χ0n) is 11.8. The van der Waals surface area contributed by atoms with Crippen molar-refractivity contribution in [2.45, 2.75) is 24.8 Å². The van der Waals surface area contributed by atoms with Gasteiger partial charge in [0.25, 0.3) is 0 Å². The molecule has 1 aromatic heterocycles. The Morgan fingerprint density at radius 2 is 2.10 bits per heavy atom. The molecular formula is C16H19BrN2S. The van der Waals surface area contributed by atoms with Crippen molar-refractivity contribution >= 4 is 27.7 Å². The molecule has 1 N–H and O–H groups in total. The minimum Gasteiger partial charge on any atom is -0.309 e. The van der Waals surface area contributed by atoms with E-state index < -0.39 is 0 Å². The second-order valence-corrected chi connectivity index (χ2v) is 6.50. The summed E-state index contributed by atoms with van der Waals surface area (Å²) in [6, 6.07) is 10.7. The fourth-order valence-electron chi connectivity index (χ4n) is 2.08. The molecule has 1 unspecified atom stereocenters. The van der Waals surface area contributed by atoms with Crippen LogP contribution in [0.15, 0.2) is 52.1 Å². The molecule has 0 fully saturated rings. The lowest BCUT2D eigenvalue weighted by Crippen LogP contribution is -2.23. The summed E-state index contributed by atoms with van der Waals surface area (Å²) in [4.78, 5) is 5.54. The molecule has 0 aliphatic rings. The van der Waals surface area contributed by atoms with Gasteiger partial charge in [0.1, 0.15) is 0 Å². The smallest absolute Gasteiger partial charge is 0.0433 e. The number of thioether (sulfide) groups is 1. The van der Waals surface area contributed by atoms with Crippen LogP contribution in [-0.4, -0.2) is 17.3 Å². The molecule has 0 bridgehead atoms. The van der Waals surface area contributed by atoms with Crippen LogP contribution >= 0.6 is 27.7 Å². The van der Waals surface area contributed by atoms with Crippen molar-refractivity contribution in [2.24, 2.45) is 0 Å². The number of aromatic nitrogens is 1. The van der Waals surface area contributed by atoms with Crippen LogP contribution in [-0.2, 0) is 0 Å². The molecule has 0 amide bonds. The van der Waals surface area contributed by atoms with Crippen LogP contribution in [0, 0.1) is 6.92 Å². The van der Waals surface area contributed by atoms with Crippen LogP contribution < -0.4 is 5.32 Å². The van der Waals surface area contributed by atoms with Crippen LogP contribution in [0.25, 0.3) is 0 Å². The SMILES string of the molecule is CCNC(CSc1ccccc1Br)c1cnccc1C. The zero-order valence-corrected chi connectivity index (χ0v) is 14.2. The first kappa shape index (κ1) is 15.5. The van der Waals surface area contributed by atoms with Gasteiger partial charge in [0, 0.05) is 33.6 Å². The number of halogens is 1. The Hall–Kier alpha value is -0.840. The Labute approximate surface area is 133 Å². The quantitative estimate of drug-likeness (QED) is 0.770. The molecule has 0 aliphatic heterocycles. The summed E-state index contributed by atoms with van der Waals surface area (Å²) >= 11 is 5.46. The first-order valence-electron chi connectivity index (χ1n) is 6.73. The molecule has 2 rings (SSSR count). The Balaban J connectivity index is 2.11. The van der Waals surface area contributed by atoms with Gasteiger partial charge in [-0.2, -0.15) is 0 Å². The fraction of sp³-hybridized carbons (Fsp3) is 0.312. The third-order valence-corrected chi connectivity index (χ3v) is 5.27. The summed E-state index contributed by atoms with van der Waals surface area (Å²) in [6.45, 7) is 5.24.